The number of benzene rings is 5. The Bertz CT molecular complexity index is 2200. The Kier molecular flexibility index (Phi) is 8.16. The number of para-hydroxylation sites is 2. The summed E-state index contributed by atoms with van der Waals surface area (Å²) >= 11 is 0. The summed E-state index contributed by atoms with van der Waals surface area (Å²) in [5.74, 6) is 2.36. The van der Waals surface area contributed by atoms with Crippen LogP contribution in [0.3, 0.4) is 0 Å². The fourth-order valence-corrected chi connectivity index (χ4v) is 6.61. The van der Waals surface area contributed by atoms with Crippen LogP contribution in [0.25, 0.3) is 17.3 Å². The quantitative estimate of drug-likeness (QED) is 0.135. The zero-order valence-corrected chi connectivity index (χ0v) is 27.5. The van der Waals surface area contributed by atoms with Gasteiger partial charge in [-0.2, -0.15) is 0 Å². The predicted octanol–water partition coefficient (Wildman–Crippen LogP) is 11.4. The highest BCUT2D eigenvalue weighted by Crippen LogP contribution is 2.53. The molecule has 2 heterocycles. The van der Waals surface area contributed by atoms with E-state index in [9.17, 15) is 0 Å². The average molecular weight is 637 g/mol. The van der Waals surface area contributed by atoms with Crippen molar-refractivity contribution in [1.82, 2.24) is 0 Å². The molecule has 2 aliphatic heterocycles. The summed E-state index contributed by atoms with van der Waals surface area (Å²) < 4.78 is 6.53. The minimum absolute atomic E-state index is 0.617. The van der Waals surface area contributed by atoms with Gasteiger partial charge in [0.1, 0.15) is 0 Å². The first-order chi connectivity index (χ1) is 24.1. The standard InChI is InChI=1S/C44H36N4O/c1-30(32-11-4-3-5-12-32)46-44(36-20-18-34(19-21-36)37-14-10-28-45-29-37)47-31(2)33-22-25-38(26-23-33)48-40-16-8-9-17-42(40)49-43-39-15-7-6-13-35(39)24-27-41(43)48/h3-5,7-9,11-12,15-29H,2,6,10,13-14H2,1H3. The van der Waals surface area contributed by atoms with Gasteiger partial charge in [0.05, 0.1) is 17.1 Å². The number of hydrogen-bond donors (Lipinski definition) is 0. The van der Waals surface area contributed by atoms with E-state index in [1.165, 1.54) is 22.3 Å². The molecule has 0 aromatic heterocycles. The zero-order valence-electron chi connectivity index (χ0n) is 27.5. The number of aryl methyl sites for hydroxylation is 1. The normalized spacial score (nSPS) is 15.1. The third-order valence-electron chi connectivity index (χ3n) is 9.25. The third kappa shape index (κ3) is 6.07. The zero-order chi connectivity index (χ0) is 33.2. The Labute approximate surface area is 287 Å². The molecule has 0 bridgehead atoms. The van der Waals surface area contributed by atoms with Crippen molar-refractivity contribution in [2.24, 2.45) is 15.0 Å². The summed E-state index contributed by atoms with van der Waals surface area (Å²) in [6.45, 7) is 6.42. The van der Waals surface area contributed by atoms with Crippen LogP contribution >= 0.6 is 0 Å². The second-order valence-corrected chi connectivity index (χ2v) is 12.4. The number of amidine groups is 1. The van der Waals surface area contributed by atoms with Crippen molar-refractivity contribution in [3.8, 4) is 11.5 Å². The van der Waals surface area contributed by atoms with Crippen molar-refractivity contribution >= 4 is 52.2 Å². The molecule has 0 fully saturated rings. The summed E-state index contributed by atoms with van der Waals surface area (Å²) in [4.78, 5) is 16.7. The Balaban J connectivity index is 1.14. The second-order valence-electron chi connectivity index (χ2n) is 12.4. The SMILES string of the molecule is C=C(N=C(N=C(C)c1ccccc1)c1ccc(C2=CN=CCC2)cc1)c1ccc(N2c3ccccc3Oc3c2ccc2c3C=CCC2)cc1. The summed E-state index contributed by atoms with van der Waals surface area (Å²) in [6.07, 6.45) is 12.4. The summed E-state index contributed by atoms with van der Waals surface area (Å²) in [5.41, 5.74) is 12.4. The molecule has 0 saturated heterocycles. The van der Waals surface area contributed by atoms with Gasteiger partial charge in [-0.3, -0.25) is 4.99 Å². The van der Waals surface area contributed by atoms with Gasteiger partial charge in [-0.25, -0.2) is 9.98 Å². The van der Waals surface area contributed by atoms with Crippen LogP contribution in [0.1, 0.15) is 59.6 Å². The minimum Gasteiger partial charge on any atom is -0.452 e. The van der Waals surface area contributed by atoms with Gasteiger partial charge in [0.15, 0.2) is 17.3 Å². The van der Waals surface area contributed by atoms with E-state index in [1.54, 1.807) is 0 Å². The maximum Gasteiger partial charge on any atom is 0.160 e. The van der Waals surface area contributed by atoms with E-state index in [2.05, 4.69) is 114 Å². The molecular formula is C44H36N4O. The maximum atomic E-state index is 6.53. The van der Waals surface area contributed by atoms with Crippen molar-refractivity contribution in [1.29, 1.82) is 0 Å². The number of ether oxygens (including phenoxy) is 1. The van der Waals surface area contributed by atoms with Crippen LogP contribution in [0.15, 0.2) is 149 Å². The first-order valence-corrected chi connectivity index (χ1v) is 16.8. The molecule has 5 aromatic carbocycles. The predicted molar refractivity (Wildman–Crippen MR) is 205 cm³/mol. The number of aliphatic imine (C=N–C) groups is 3. The molecule has 238 valence electrons. The van der Waals surface area contributed by atoms with Gasteiger partial charge >= 0.3 is 0 Å². The largest absolute Gasteiger partial charge is 0.452 e. The van der Waals surface area contributed by atoms with Crippen molar-refractivity contribution in [2.45, 2.75) is 32.6 Å². The fraction of sp³-hybridized carbons (Fsp3) is 0.114. The lowest BCUT2D eigenvalue weighted by Gasteiger charge is -2.34. The van der Waals surface area contributed by atoms with E-state index in [0.29, 0.717) is 11.5 Å². The Morgan fingerprint density at radius 2 is 1.51 bits per heavy atom. The number of anilines is 3. The molecule has 5 heteroatoms. The molecule has 0 radical (unpaired) electrons. The molecule has 8 rings (SSSR count). The topological polar surface area (TPSA) is 49.5 Å². The molecule has 5 aromatic rings. The Hall–Kier alpha value is -6.07. The van der Waals surface area contributed by atoms with Crippen molar-refractivity contribution in [3.63, 3.8) is 0 Å². The lowest BCUT2D eigenvalue weighted by Crippen LogP contribution is -2.17. The smallest absolute Gasteiger partial charge is 0.160 e. The summed E-state index contributed by atoms with van der Waals surface area (Å²) in [6, 6.07) is 39.7. The minimum atomic E-state index is 0.617. The fourth-order valence-electron chi connectivity index (χ4n) is 6.61. The maximum absolute atomic E-state index is 6.53. The molecule has 0 atom stereocenters. The molecule has 0 unspecified atom stereocenters. The van der Waals surface area contributed by atoms with Crippen LogP contribution in [0.4, 0.5) is 17.1 Å². The molecule has 1 aliphatic carbocycles. The number of hydrogen-bond acceptors (Lipinski definition) is 4. The molecule has 49 heavy (non-hydrogen) atoms. The highest BCUT2D eigenvalue weighted by atomic mass is 16.5. The van der Waals surface area contributed by atoms with Crippen LogP contribution in [0.5, 0.6) is 11.5 Å². The Morgan fingerprint density at radius 1 is 0.735 bits per heavy atom. The molecule has 0 amide bonds. The summed E-state index contributed by atoms with van der Waals surface area (Å²) in [7, 11) is 0. The number of allylic oxidation sites excluding steroid dienone is 2. The second kappa shape index (κ2) is 13.2. The van der Waals surface area contributed by atoms with E-state index in [1.807, 2.05) is 49.7 Å². The number of fused-ring (bicyclic) bond motifs is 4. The van der Waals surface area contributed by atoms with Gasteiger partial charge in [-0.1, -0.05) is 104 Å². The van der Waals surface area contributed by atoms with Gasteiger partial charge in [-0.15, -0.1) is 0 Å². The molecule has 5 nitrogen and oxygen atoms in total. The number of rotatable bonds is 6. The van der Waals surface area contributed by atoms with Crippen molar-refractivity contribution in [2.75, 3.05) is 4.90 Å². The van der Waals surface area contributed by atoms with Gasteiger partial charge in [0.25, 0.3) is 0 Å². The molecule has 0 saturated carbocycles. The monoisotopic (exact) mass is 636 g/mol. The van der Waals surface area contributed by atoms with Crippen LogP contribution in [0, 0.1) is 0 Å². The van der Waals surface area contributed by atoms with E-state index in [4.69, 9.17) is 14.7 Å². The highest BCUT2D eigenvalue weighted by molar-refractivity contribution is 6.12. The first-order valence-electron chi connectivity index (χ1n) is 16.8. The average Bonchev–Trinajstić information content (AvgIpc) is 3.17. The van der Waals surface area contributed by atoms with Crippen molar-refractivity contribution < 1.29 is 4.74 Å². The van der Waals surface area contributed by atoms with Gasteiger partial charge in [-0.05, 0) is 90.8 Å². The van der Waals surface area contributed by atoms with Crippen molar-refractivity contribution in [3.05, 3.63) is 167 Å². The van der Waals surface area contributed by atoms with Gasteiger partial charge in [0, 0.05) is 34.9 Å². The molecule has 0 N–H and O–H groups in total. The lowest BCUT2D eigenvalue weighted by molar-refractivity contribution is 0.475. The highest BCUT2D eigenvalue weighted by Gasteiger charge is 2.28. The third-order valence-corrected chi connectivity index (χ3v) is 9.25. The first kappa shape index (κ1) is 30.3. The molecule has 3 aliphatic rings. The van der Waals surface area contributed by atoms with Crippen LogP contribution < -0.4 is 9.64 Å². The lowest BCUT2D eigenvalue weighted by atomic mass is 9.94. The molecular weight excluding hydrogens is 601 g/mol. The Morgan fingerprint density at radius 3 is 2.31 bits per heavy atom. The van der Waals surface area contributed by atoms with Gasteiger partial charge < -0.3 is 9.64 Å². The van der Waals surface area contributed by atoms with Crippen LogP contribution in [-0.4, -0.2) is 17.8 Å². The van der Waals surface area contributed by atoms with Gasteiger partial charge in [0.2, 0.25) is 0 Å². The van der Waals surface area contributed by atoms with E-state index in [-0.39, 0.29) is 0 Å². The molecule has 0 spiro atoms. The van der Waals surface area contributed by atoms with E-state index >= 15 is 0 Å². The van der Waals surface area contributed by atoms with E-state index in [0.717, 1.165) is 76.6 Å². The summed E-state index contributed by atoms with van der Waals surface area (Å²) in [5, 5.41) is 0. The van der Waals surface area contributed by atoms with Crippen LogP contribution in [0.2, 0.25) is 0 Å². The van der Waals surface area contributed by atoms with E-state index < -0.39 is 0 Å². The van der Waals surface area contributed by atoms with Crippen LogP contribution in [-0.2, 0) is 6.42 Å². The number of nitrogens with zero attached hydrogens (tertiary/aromatic N) is 4.